The summed E-state index contributed by atoms with van der Waals surface area (Å²) in [6, 6.07) is 5.88. The van der Waals surface area contributed by atoms with E-state index >= 15 is 0 Å². The molecule has 0 saturated carbocycles. The van der Waals surface area contributed by atoms with E-state index in [2.05, 4.69) is 5.32 Å². The number of carbonyl (C=O) groups excluding carboxylic acids is 1. The van der Waals surface area contributed by atoms with Crippen molar-refractivity contribution in [2.75, 3.05) is 38.2 Å². The highest BCUT2D eigenvalue weighted by Crippen LogP contribution is 2.19. The molecule has 6 nitrogen and oxygen atoms in total. The summed E-state index contributed by atoms with van der Waals surface area (Å²) < 4.78 is 28.6. The summed E-state index contributed by atoms with van der Waals surface area (Å²) in [5.74, 6) is 1.01. The van der Waals surface area contributed by atoms with Gasteiger partial charge in [0, 0.05) is 19.3 Å². The van der Waals surface area contributed by atoms with E-state index in [0.717, 1.165) is 29.7 Å². The molecule has 25 heavy (non-hydrogen) atoms. The third-order valence-electron chi connectivity index (χ3n) is 4.32. The molecule has 1 N–H and O–H groups in total. The van der Waals surface area contributed by atoms with Gasteiger partial charge >= 0.3 is 6.03 Å². The lowest BCUT2D eigenvalue weighted by molar-refractivity contribution is 0.168. The first-order valence-electron chi connectivity index (χ1n) is 8.65. The van der Waals surface area contributed by atoms with Gasteiger partial charge in [-0.2, -0.15) is 0 Å². The minimum Gasteiger partial charge on any atom is -0.491 e. The van der Waals surface area contributed by atoms with E-state index in [-0.39, 0.29) is 17.7 Å². The first kappa shape index (κ1) is 19.6. The smallest absolute Gasteiger partial charge is 0.317 e. The van der Waals surface area contributed by atoms with Crippen molar-refractivity contribution in [1.29, 1.82) is 0 Å². The molecule has 1 aliphatic rings. The van der Waals surface area contributed by atoms with Gasteiger partial charge in [0.05, 0.1) is 12.3 Å². The Bertz CT molecular complexity index is 703. The predicted octanol–water partition coefficient (Wildman–Crippen LogP) is 2.15. The summed E-state index contributed by atoms with van der Waals surface area (Å²) in [6.07, 6.45) is 2.94. The summed E-state index contributed by atoms with van der Waals surface area (Å²) in [4.78, 5) is 14.0. The van der Waals surface area contributed by atoms with Crippen LogP contribution < -0.4 is 10.1 Å². The molecule has 1 fully saturated rings. The number of nitrogens with one attached hydrogen (secondary N) is 1. The number of piperidine rings is 1. The average molecular weight is 368 g/mol. The van der Waals surface area contributed by atoms with E-state index in [0.29, 0.717) is 26.2 Å². The lowest BCUT2D eigenvalue weighted by atomic mass is 10.0. The van der Waals surface area contributed by atoms with Crippen LogP contribution in [0.3, 0.4) is 0 Å². The summed E-state index contributed by atoms with van der Waals surface area (Å²) in [5.41, 5.74) is 2.20. The first-order chi connectivity index (χ1) is 11.7. The molecule has 0 spiro atoms. The quantitative estimate of drug-likeness (QED) is 0.781. The average Bonchev–Trinajstić information content (AvgIpc) is 2.53. The van der Waals surface area contributed by atoms with Crippen LogP contribution in [0.15, 0.2) is 18.2 Å². The van der Waals surface area contributed by atoms with Crippen molar-refractivity contribution in [2.24, 2.45) is 5.92 Å². The fraction of sp³-hybridized carbons (Fsp3) is 0.611. The second-order valence-corrected chi connectivity index (χ2v) is 9.08. The van der Waals surface area contributed by atoms with Crippen LogP contribution in [0.4, 0.5) is 4.79 Å². The Hall–Kier alpha value is -1.76. The van der Waals surface area contributed by atoms with Gasteiger partial charge < -0.3 is 15.0 Å². The Kier molecular flexibility index (Phi) is 6.70. The molecular weight excluding hydrogens is 340 g/mol. The number of urea groups is 1. The maximum absolute atomic E-state index is 12.3. The maximum atomic E-state index is 12.3. The van der Waals surface area contributed by atoms with Crippen molar-refractivity contribution in [3.63, 3.8) is 0 Å². The molecule has 1 aliphatic heterocycles. The van der Waals surface area contributed by atoms with Gasteiger partial charge in [0.1, 0.15) is 22.2 Å². The van der Waals surface area contributed by atoms with Gasteiger partial charge in [-0.05, 0) is 49.8 Å². The molecule has 1 heterocycles. The van der Waals surface area contributed by atoms with Crippen LogP contribution in [-0.2, 0) is 9.84 Å². The SMILES string of the molecule is Cc1ccc(C)c(OCCNC(=O)N2CCC[C@H](CS(C)(=O)=O)C2)c1. The number of ether oxygens (including phenoxy) is 1. The van der Waals surface area contributed by atoms with E-state index in [1.54, 1.807) is 4.90 Å². The summed E-state index contributed by atoms with van der Waals surface area (Å²) in [7, 11) is -3.01. The molecular formula is C18H28N2O4S. The lowest BCUT2D eigenvalue weighted by Gasteiger charge is -2.32. The van der Waals surface area contributed by atoms with Gasteiger partial charge in [-0.3, -0.25) is 0 Å². The fourth-order valence-corrected chi connectivity index (χ4v) is 4.24. The van der Waals surface area contributed by atoms with E-state index in [4.69, 9.17) is 4.74 Å². The number of amides is 2. The molecule has 0 unspecified atom stereocenters. The van der Waals surface area contributed by atoms with E-state index in [1.165, 1.54) is 6.26 Å². The zero-order chi connectivity index (χ0) is 18.4. The van der Waals surface area contributed by atoms with Crippen molar-refractivity contribution in [3.8, 4) is 5.75 Å². The minimum atomic E-state index is -3.01. The van der Waals surface area contributed by atoms with Crippen LogP contribution in [0.2, 0.25) is 0 Å². The maximum Gasteiger partial charge on any atom is 0.317 e. The van der Waals surface area contributed by atoms with E-state index in [9.17, 15) is 13.2 Å². The molecule has 1 saturated heterocycles. The van der Waals surface area contributed by atoms with Gasteiger partial charge in [0.25, 0.3) is 0 Å². The van der Waals surface area contributed by atoms with Crippen molar-refractivity contribution in [3.05, 3.63) is 29.3 Å². The standard InChI is InChI=1S/C18H28N2O4S/c1-14-6-7-15(2)17(11-14)24-10-8-19-18(21)20-9-4-5-16(12-20)13-25(3,22)23/h6-7,11,16H,4-5,8-10,12-13H2,1-3H3,(H,19,21)/t16-/m0/s1. The number of hydrogen-bond acceptors (Lipinski definition) is 4. The molecule has 1 aromatic carbocycles. The third-order valence-corrected chi connectivity index (χ3v) is 5.40. The molecule has 2 rings (SSSR count). The second kappa shape index (κ2) is 8.56. The van der Waals surface area contributed by atoms with Gasteiger partial charge in [-0.1, -0.05) is 12.1 Å². The monoisotopic (exact) mass is 368 g/mol. The number of aryl methyl sites for hydroxylation is 2. The highest BCUT2D eigenvalue weighted by atomic mass is 32.2. The van der Waals surface area contributed by atoms with Crippen molar-refractivity contribution in [2.45, 2.75) is 26.7 Å². The lowest BCUT2D eigenvalue weighted by Crippen LogP contribution is -2.47. The zero-order valence-electron chi connectivity index (χ0n) is 15.2. The highest BCUT2D eigenvalue weighted by Gasteiger charge is 2.25. The Morgan fingerprint density at radius 2 is 2.12 bits per heavy atom. The first-order valence-corrected chi connectivity index (χ1v) is 10.7. The molecule has 7 heteroatoms. The largest absolute Gasteiger partial charge is 0.491 e. The van der Waals surface area contributed by atoms with Crippen molar-refractivity contribution < 1.29 is 17.9 Å². The van der Waals surface area contributed by atoms with Crippen LogP contribution in [0.5, 0.6) is 5.75 Å². The van der Waals surface area contributed by atoms with Crippen LogP contribution >= 0.6 is 0 Å². The second-order valence-electron chi connectivity index (χ2n) is 6.90. The molecule has 0 aromatic heterocycles. The van der Waals surface area contributed by atoms with E-state index < -0.39 is 9.84 Å². The number of likely N-dealkylation sites (tertiary alicyclic amines) is 1. The number of hydrogen-bond donors (Lipinski definition) is 1. The van der Waals surface area contributed by atoms with Crippen molar-refractivity contribution in [1.82, 2.24) is 10.2 Å². The van der Waals surface area contributed by atoms with Crippen molar-refractivity contribution >= 4 is 15.9 Å². The summed E-state index contributed by atoms with van der Waals surface area (Å²) in [5, 5.41) is 2.85. The molecule has 0 radical (unpaired) electrons. The third kappa shape index (κ3) is 6.57. The summed E-state index contributed by atoms with van der Waals surface area (Å²) >= 11 is 0. The molecule has 0 bridgehead atoms. The Labute approximate surface area is 150 Å². The highest BCUT2D eigenvalue weighted by molar-refractivity contribution is 7.90. The van der Waals surface area contributed by atoms with Gasteiger partial charge in [0.2, 0.25) is 0 Å². The summed E-state index contributed by atoms with van der Waals surface area (Å²) in [6.45, 7) is 5.98. The van der Waals surface area contributed by atoms with Crippen LogP contribution in [0.1, 0.15) is 24.0 Å². The number of nitrogens with zero attached hydrogens (tertiary/aromatic N) is 1. The number of benzene rings is 1. The Morgan fingerprint density at radius 3 is 2.84 bits per heavy atom. The van der Waals surface area contributed by atoms with Crippen LogP contribution in [-0.4, -0.2) is 57.6 Å². The topological polar surface area (TPSA) is 75.7 Å². The molecule has 2 amide bonds. The predicted molar refractivity (Wildman–Crippen MR) is 98.8 cm³/mol. The minimum absolute atomic E-state index is 0.0284. The number of rotatable bonds is 6. The van der Waals surface area contributed by atoms with Gasteiger partial charge in [-0.25, -0.2) is 13.2 Å². The fourth-order valence-electron chi connectivity index (χ4n) is 3.11. The zero-order valence-corrected chi connectivity index (χ0v) is 16.1. The molecule has 0 aliphatic carbocycles. The van der Waals surface area contributed by atoms with Crippen LogP contribution in [0, 0.1) is 19.8 Å². The van der Waals surface area contributed by atoms with Crippen LogP contribution in [0.25, 0.3) is 0 Å². The molecule has 1 aromatic rings. The number of carbonyl (C=O) groups is 1. The van der Waals surface area contributed by atoms with E-state index in [1.807, 2.05) is 32.0 Å². The number of sulfone groups is 1. The van der Waals surface area contributed by atoms with Gasteiger partial charge in [0.15, 0.2) is 0 Å². The van der Waals surface area contributed by atoms with Gasteiger partial charge in [-0.15, -0.1) is 0 Å². The molecule has 140 valence electrons. The Balaban J connectivity index is 1.75. The molecule has 1 atom stereocenters. The Morgan fingerprint density at radius 1 is 1.36 bits per heavy atom. The normalized spacial score (nSPS) is 18.0.